The van der Waals surface area contributed by atoms with Crippen molar-refractivity contribution >= 4 is 22.1 Å². The van der Waals surface area contributed by atoms with Crippen LogP contribution in [0.2, 0.25) is 0 Å². The maximum Gasteiger partial charge on any atom is 0.161 e. The zero-order chi connectivity index (χ0) is 16.6. The first-order chi connectivity index (χ1) is 12.4. The number of likely N-dealkylation sites (tertiary alicyclic amines) is 1. The number of nitrogens with one attached hydrogen (secondary N) is 1. The molecule has 25 heavy (non-hydrogen) atoms. The van der Waals surface area contributed by atoms with Gasteiger partial charge < -0.3 is 0 Å². The van der Waals surface area contributed by atoms with E-state index < -0.39 is 0 Å². The van der Waals surface area contributed by atoms with Gasteiger partial charge in [0.1, 0.15) is 5.52 Å². The van der Waals surface area contributed by atoms with Gasteiger partial charge in [0.05, 0.1) is 17.8 Å². The van der Waals surface area contributed by atoms with Gasteiger partial charge in [-0.3, -0.25) is 9.58 Å². The molecule has 0 radical (unpaired) electrons. The van der Waals surface area contributed by atoms with E-state index >= 15 is 0 Å². The molecule has 6 heteroatoms. The summed E-state index contributed by atoms with van der Waals surface area (Å²) in [6.45, 7) is 3.17. The van der Waals surface area contributed by atoms with Gasteiger partial charge in [0.25, 0.3) is 0 Å². The Morgan fingerprint density at radius 3 is 2.96 bits per heavy atom. The number of H-pyrrole nitrogens is 1. The molecule has 1 fully saturated rings. The molecule has 0 amide bonds. The van der Waals surface area contributed by atoms with Crippen molar-refractivity contribution in [2.75, 3.05) is 13.1 Å². The lowest BCUT2D eigenvalue weighted by atomic mass is 10.0. The van der Waals surface area contributed by atoms with E-state index in [4.69, 9.17) is 0 Å². The second-order valence-electron chi connectivity index (χ2n) is 6.77. The van der Waals surface area contributed by atoms with Gasteiger partial charge in [-0.25, -0.2) is 15.2 Å². The van der Waals surface area contributed by atoms with Crippen molar-refractivity contribution < 1.29 is 0 Å². The molecule has 6 nitrogen and oxygen atoms in total. The predicted molar refractivity (Wildman–Crippen MR) is 97.2 cm³/mol. The van der Waals surface area contributed by atoms with Gasteiger partial charge in [0.2, 0.25) is 0 Å². The lowest BCUT2D eigenvalue weighted by Crippen LogP contribution is -2.36. The van der Waals surface area contributed by atoms with Crippen molar-refractivity contribution in [3.63, 3.8) is 0 Å². The molecule has 1 aromatic carbocycles. The number of nitrogens with zero attached hydrogens (tertiary/aromatic N) is 5. The molecule has 4 heterocycles. The second-order valence-corrected chi connectivity index (χ2v) is 6.77. The quantitative estimate of drug-likeness (QED) is 0.626. The Morgan fingerprint density at radius 2 is 2.04 bits per heavy atom. The first kappa shape index (κ1) is 14.6. The van der Waals surface area contributed by atoms with Gasteiger partial charge in [-0.15, -0.1) is 0 Å². The van der Waals surface area contributed by atoms with Crippen molar-refractivity contribution in [3.8, 4) is 0 Å². The monoisotopic (exact) mass is 332 g/mol. The highest BCUT2D eigenvalue weighted by Crippen LogP contribution is 2.28. The summed E-state index contributed by atoms with van der Waals surface area (Å²) in [5.74, 6) is 0. The fraction of sp³-hybridized carbons (Fsp3) is 0.316. The average Bonchev–Trinajstić information content (AvgIpc) is 3.29. The fourth-order valence-corrected chi connectivity index (χ4v) is 3.92. The molecule has 1 N–H and O–H groups in total. The van der Waals surface area contributed by atoms with Crippen LogP contribution in [-0.4, -0.2) is 43.0 Å². The van der Waals surface area contributed by atoms with Crippen molar-refractivity contribution in [1.82, 2.24) is 29.9 Å². The molecule has 3 aromatic heterocycles. The van der Waals surface area contributed by atoms with E-state index in [1.807, 2.05) is 18.5 Å². The number of aromatic amines is 1. The van der Waals surface area contributed by atoms with E-state index in [2.05, 4.69) is 60.2 Å². The number of hydrogen-bond donors (Lipinski definition) is 1. The molecule has 0 unspecified atom stereocenters. The van der Waals surface area contributed by atoms with Crippen molar-refractivity contribution in [3.05, 3.63) is 54.4 Å². The van der Waals surface area contributed by atoms with Gasteiger partial charge in [0.15, 0.2) is 5.65 Å². The largest absolute Gasteiger partial charge is 0.297 e. The molecule has 5 rings (SSSR count). The smallest absolute Gasteiger partial charge is 0.161 e. The fourth-order valence-electron chi connectivity index (χ4n) is 3.92. The zero-order valence-electron chi connectivity index (χ0n) is 14.0. The summed E-state index contributed by atoms with van der Waals surface area (Å²) in [6, 6.07) is 13.1. The summed E-state index contributed by atoms with van der Waals surface area (Å²) < 4.78 is 2.22. The first-order valence-electron chi connectivity index (χ1n) is 8.81. The Kier molecular flexibility index (Phi) is 3.48. The molecular weight excluding hydrogens is 312 g/mol. The third kappa shape index (κ3) is 2.59. The summed E-state index contributed by atoms with van der Waals surface area (Å²) >= 11 is 0. The molecule has 1 aliphatic rings. The Balaban J connectivity index is 1.46. The number of hydrogen-bond acceptors (Lipinski definition) is 4. The first-order valence-corrected chi connectivity index (χ1v) is 8.81. The van der Waals surface area contributed by atoms with Crippen LogP contribution in [0.25, 0.3) is 22.1 Å². The molecule has 0 bridgehead atoms. The Hall–Kier alpha value is -2.73. The highest BCUT2D eigenvalue weighted by atomic mass is 15.4. The normalized spacial score (nSPS) is 19.0. The highest BCUT2D eigenvalue weighted by Gasteiger charge is 2.24. The number of piperidine rings is 1. The Morgan fingerprint density at radius 1 is 1.12 bits per heavy atom. The maximum absolute atomic E-state index is 4.46. The van der Waals surface area contributed by atoms with Crippen LogP contribution in [-0.2, 0) is 6.54 Å². The lowest BCUT2D eigenvalue weighted by Gasteiger charge is -2.33. The third-order valence-corrected chi connectivity index (χ3v) is 5.10. The maximum atomic E-state index is 4.46. The van der Waals surface area contributed by atoms with Gasteiger partial charge >= 0.3 is 0 Å². The number of pyridine rings is 1. The van der Waals surface area contributed by atoms with Crippen LogP contribution in [0.1, 0.15) is 24.4 Å². The van der Waals surface area contributed by atoms with E-state index in [-0.39, 0.29) is 0 Å². The summed E-state index contributed by atoms with van der Waals surface area (Å²) in [7, 11) is 0. The van der Waals surface area contributed by atoms with Crippen LogP contribution < -0.4 is 0 Å². The van der Waals surface area contributed by atoms with E-state index in [1.54, 1.807) is 0 Å². The van der Waals surface area contributed by atoms with Crippen LogP contribution >= 0.6 is 0 Å². The minimum absolute atomic E-state index is 0.392. The third-order valence-electron chi connectivity index (χ3n) is 5.10. The minimum Gasteiger partial charge on any atom is -0.297 e. The molecule has 1 atom stereocenters. The predicted octanol–water partition coefficient (Wildman–Crippen LogP) is 3.14. The standard InChI is InChI=1S/C19H20N6/c1-2-5-14(6-3-1)12-24-10-4-7-15(13-24)25-18-16-8-9-20-19(16)21-11-17(18)22-23-25/h1-3,5-6,8-9,11,15,23H,4,7,10,12-13H2/t15-/m1/s1. The zero-order valence-corrected chi connectivity index (χ0v) is 14.0. The van der Waals surface area contributed by atoms with Crippen molar-refractivity contribution in [2.24, 2.45) is 0 Å². The van der Waals surface area contributed by atoms with E-state index in [0.717, 1.165) is 48.1 Å². The number of benzene rings is 1. The molecule has 126 valence electrons. The molecule has 1 saturated heterocycles. The second kappa shape index (κ2) is 5.97. The summed E-state index contributed by atoms with van der Waals surface area (Å²) in [6.07, 6.45) is 5.98. The van der Waals surface area contributed by atoms with Crippen LogP contribution in [0.5, 0.6) is 0 Å². The Bertz CT molecular complexity index is 1000. The summed E-state index contributed by atoms with van der Waals surface area (Å²) in [4.78, 5) is 11.2. The minimum atomic E-state index is 0.392. The van der Waals surface area contributed by atoms with E-state index in [0.29, 0.717) is 6.04 Å². The van der Waals surface area contributed by atoms with Crippen molar-refractivity contribution in [1.29, 1.82) is 0 Å². The van der Waals surface area contributed by atoms with Crippen LogP contribution in [0, 0.1) is 0 Å². The lowest BCUT2D eigenvalue weighted by molar-refractivity contribution is 0.164. The van der Waals surface area contributed by atoms with Gasteiger partial charge in [0, 0.05) is 24.7 Å². The number of aromatic nitrogens is 5. The van der Waals surface area contributed by atoms with E-state index in [9.17, 15) is 0 Å². The number of fused-ring (bicyclic) bond motifs is 3. The summed E-state index contributed by atoms with van der Waals surface area (Å²) in [5.41, 5.74) is 4.18. The topological polar surface area (TPSA) is 62.6 Å². The SMILES string of the molecule is c1ccc(CN2CCC[C@@H](n3[nH]nc4cnc5nccc5c43)C2)cc1. The molecule has 0 aliphatic carbocycles. The van der Waals surface area contributed by atoms with Crippen LogP contribution in [0.3, 0.4) is 0 Å². The molecule has 0 spiro atoms. The van der Waals surface area contributed by atoms with Gasteiger partial charge in [-0.1, -0.05) is 30.3 Å². The van der Waals surface area contributed by atoms with Gasteiger partial charge in [-0.05, 0) is 31.0 Å². The Labute approximate surface area is 145 Å². The molecule has 4 aromatic rings. The van der Waals surface area contributed by atoms with Gasteiger partial charge in [-0.2, -0.15) is 5.10 Å². The summed E-state index contributed by atoms with van der Waals surface area (Å²) in [5, 5.41) is 8.76. The van der Waals surface area contributed by atoms with E-state index in [1.165, 1.54) is 12.0 Å². The molecular formula is C19H20N6. The molecule has 0 saturated carbocycles. The van der Waals surface area contributed by atoms with Crippen LogP contribution in [0.4, 0.5) is 0 Å². The highest BCUT2D eigenvalue weighted by molar-refractivity contribution is 6.00. The average molecular weight is 332 g/mol. The molecule has 1 aliphatic heterocycles. The van der Waals surface area contributed by atoms with Crippen molar-refractivity contribution in [2.45, 2.75) is 25.4 Å². The van der Waals surface area contributed by atoms with Crippen LogP contribution in [0.15, 0.2) is 48.8 Å². The number of rotatable bonds is 3.